The number of aldehydes is 1. The molecule has 0 amide bonds. The predicted octanol–water partition coefficient (Wildman–Crippen LogP) is 2.94. The first-order chi connectivity index (χ1) is 7.74. The van der Waals surface area contributed by atoms with E-state index < -0.39 is 0 Å². The van der Waals surface area contributed by atoms with Gasteiger partial charge in [-0.05, 0) is 36.7 Å². The highest BCUT2D eigenvalue weighted by atomic mass is 32.1. The molecule has 3 nitrogen and oxygen atoms in total. The zero-order valence-electron chi connectivity index (χ0n) is 9.06. The normalized spacial score (nSPS) is 10.1. The maximum atomic E-state index is 10.6. The lowest BCUT2D eigenvalue weighted by Gasteiger charge is -2.06. The number of carbonyl (C=O) groups excluding carboxylic acids is 1. The lowest BCUT2D eigenvalue weighted by atomic mass is 10.1. The first-order valence-corrected chi connectivity index (χ1v) is 5.59. The summed E-state index contributed by atoms with van der Waals surface area (Å²) in [5.41, 5.74) is 2.59. The molecule has 1 aromatic carbocycles. The number of rotatable bonds is 3. The van der Waals surface area contributed by atoms with Gasteiger partial charge in [0.1, 0.15) is 11.4 Å². The highest BCUT2D eigenvalue weighted by Crippen LogP contribution is 2.33. The Bertz CT molecular complexity index is 519. The van der Waals surface area contributed by atoms with E-state index >= 15 is 0 Å². The number of methoxy groups -OCH3 is 1. The standard InChI is InChI=1S/C12H11NO2S/c1-8-3-4-11(15-2)10(5-8)12-6-9(7-14)13-16-12/h3-7H,1-2H3. The Morgan fingerprint density at radius 2 is 2.19 bits per heavy atom. The summed E-state index contributed by atoms with van der Waals surface area (Å²) < 4.78 is 9.32. The van der Waals surface area contributed by atoms with E-state index in [1.807, 2.05) is 25.1 Å². The molecule has 16 heavy (non-hydrogen) atoms. The summed E-state index contributed by atoms with van der Waals surface area (Å²) in [6, 6.07) is 7.71. The number of aromatic nitrogens is 1. The van der Waals surface area contributed by atoms with Gasteiger partial charge in [-0.1, -0.05) is 11.6 Å². The summed E-state index contributed by atoms with van der Waals surface area (Å²) in [5.74, 6) is 0.798. The van der Waals surface area contributed by atoms with Gasteiger partial charge in [0.05, 0.1) is 12.0 Å². The topological polar surface area (TPSA) is 39.2 Å². The van der Waals surface area contributed by atoms with Gasteiger partial charge in [0.15, 0.2) is 6.29 Å². The van der Waals surface area contributed by atoms with Crippen molar-refractivity contribution in [2.45, 2.75) is 6.92 Å². The van der Waals surface area contributed by atoms with Gasteiger partial charge in [0.25, 0.3) is 0 Å². The van der Waals surface area contributed by atoms with E-state index in [1.54, 1.807) is 13.2 Å². The monoisotopic (exact) mass is 233 g/mol. The Labute approximate surface area is 97.9 Å². The highest BCUT2D eigenvalue weighted by molar-refractivity contribution is 7.09. The van der Waals surface area contributed by atoms with Crippen molar-refractivity contribution in [1.29, 1.82) is 0 Å². The minimum Gasteiger partial charge on any atom is -0.496 e. The molecule has 0 aliphatic heterocycles. The summed E-state index contributed by atoms with van der Waals surface area (Å²) >= 11 is 1.30. The number of hydrogen-bond acceptors (Lipinski definition) is 4. The van der Waals surface area contributed by atoms with Crippen molar-refractivity contribution in [2.24, 2.45) is 0 Å². The first-order valence-electron chi connectivity index (χ1n) is 4.81. The molecule has 0 unspecified atom stereocenters. The van der Waals surface area contributed by atoms with Crippen LogP contribution in [0.2, 0.25) is 0 Å². The number of benzene rings is 1. The molecular formula is C12H11NO2S. The zero-order valence-corrected chi connectivity index (χ0v) is 9.88. The van der Waals surface area contributed by atoms with Crippen molar-refractivity contribution < 1.29 is 9.53 Å². The quantitative estimate of drug-likeness (QED) is 0.765. The molecule has 82 valence electrons. The van der Waals surface area contributed by atoms with E-state index in [9.17, 15) is 4.79 Å². The maximum absolute atomic E-state index is 10.6. The van der Waals surface area contributed by atoms with Crippen LogP contribution in [0.25, 0.3) is 10.4 Å². The van der Waals surface area contributed by atoms with Crippen LogP contribution in [0.3, 0.4) is 0 Å². The van der Waals surface area contributed by atoms with Gasteiger partial charge in [-0.2, -0.15) is 4.37 Å². The van der Waals surface area contributed by atoms with Crippen LogP contribution in [0.15, 0.2) is 24.3 Å². The Hall–Kier alpha value is -1.68. The van der Waals surface area contributed by atoms with Gasteiger partial charge in [-0.25, -0.2) is 0 Å². The molecule has 0 N–H and O–H groups in total. The third-order valence-corrected chi connectivity index (χ3v) is 3.11. The molecule has 0 bridgehead atoms. The molecule has 0 saturated heterocycles. The molecule has 4 heteroatoms. The number of carbonyl (C=O) groups is 1. The lowest BCUT2D eigenvalue weighted by Crippen LogP contribution is -1.87. The summed E-state index contributed by atoms with van der Waals surface area (Å²) in [6.07, 6.45) is 0.752. The van der Waals surface area contributed by atoms with Crippen LogP contribution in [0, 0.1) is 6.92 Å². The van der Waals surface area contributed by atoms with Gasteiger partial charge < -0.3 is 4.74 Å². The van der Waals surface area contributed by atoms with Gasteiger partial charge in [0, 0.05) is 5.56 Å². The van der Waals surface area contributed by atoms with Gasteiger partial charge >= 0.3 is 0 Å². The molecule has 1 heterocycles. The Morgan fingerprint density at radius 3 is 2.81 bits per heavy atom. The van der Waals surface area contributed by atoms with Crippen LogP contribution in [-0.4, -0.2) is 17.8 Å². The van der Waals surface area contributed by atoms with Crippen LogP contribution in [0.5, 0.6) is 5.75 Å². The average molecular weight is 233 g/mol. The van der Waals surface area contributed by atoms with Crippen molar-refractivity contribution in [3.05, 3.63) is 35.5 Å². The van der Waals surface area contributed by atoms with Crippen molar-refractivity contribution in [3.63, 3.8) is 0 Å². The SMILES string of the molecule is COc1ccc(C)cc1-c1cc(C=O)ns1. The van der Waals surface area contributed by atoms with Gasteiger partial charge in [-0.15, -0.1) is 0 Å². The molecule has 0 atom stereocenters. The fraction of sp³-hybridized carbons (Fsp3) is 0.167. The largest absolute Gasteiger partial charge is 0.496 e. The molecule has 0 fully saturated rings. The molecule has 0 spiro atoms. The number of ether oxygens (including phenoxy) is 1. The van der Waals surface area contributed by atoms with Gasteiger partial charge in [0.2, 0.25) is 0 Å². The van der Waals surface area contributed by atoms with Crippen LogP contribution in [0.4, 0.5) is 0 Å². The van der Waals surface area contributed by atoms with Crippen molar-refractivity contribution in [3.8, 4) is 16.2 Å². The first kappa shape index (κ1) is 10.8. The number of nitrogens with zero attached hydrogens (tertiary/aromatic N) is 1. The third-order valence-electron chi connectivity index (χ3n) is 2.27. The molecule has 0 saturated carbocycles. The fourth-order valence-corrected chi connectivity index (χ4v) is 2.22. The molecule has 0 aliphatic rings. The molecule has 2 aromatic rings. The fourth-order valence-electron chi connectivity index (χ4n) is 1.49. The number of aryl methyl sites for hydroxylation is 1. The second-order valence-electron chi connectivity index (χ2n) is 3.44. The van der Waals surface area contributed by atoms with Gasteiger partial charge in [-0.3, -0.25) is 4.79 Å². The smallest absolute Gasteiger partial charge is 0.169 e. The number of hydrogen-bond donors (Lipinski definition) is 0. The van der Waals surface area contributed by atoms with Crippen molar-refractivity contribution in [1.82, 2.24) is 4.37 Å². The van der Waals surface area contributed by atoms with Crippen LogP contribution >= 0.6 is 11.5 Å². The molecule has 2 rings (SSSR count). The summed E-state index contributed by atoms with van der Waals surface area (Å²) in [6.45, 7) is 2.02. The summed E-state index contributed by atoms with van der Waals surface area (Å²) in [4.78, 5) is 11.5. The van der Waals surface area contributed by atoms with E-state index in [0.717, 1.165) is 28.0 Å². The maximum Gasteiger partial charge on any atom is 0.169 e. The van der Waals surface area contributed by atoms with Crippen LogP contribution in [-0.2, 0) is 0 Å². The predicted molar refractivity (Wildman–Crippen MR) is 64.2 cm³/mol. The molecule has 1 aromatic heterocycles. The van der Waals surface area contributed by atoms with Crippen molar-refractivity contribution >= 4 is 17.8 Å². The zero-order chi connectivity index (χ0) is 11.5. The van der Waals surface area contributed by atoms with Crippen LogP contribution in [0.1, 0.15) is 16.1 Å². The van der Waals surface area contributed by atoms with E-state index in [-0.39, 0.29) is 0 Å². The van der Waals surface area contributed by atoms with Crippen LogP contribution < -0.4 is 4.74 Å². The second kappa shape index (κ2) is 4.45. The average Bonchev–Trinajstić information content (AvgIpc) is 2.77. The summed E-state index contributed by atoms with van der Waals surface area (Å²) in [7, 11) is 1.63. The van der Waals surface area contributed by atoms with E-state index in [0.29, 0.717) is 5.69 Å². The third kappa shape index (κ3) is 1.97. The molecular weight excluding hydrogens is 222 g/mol. The Morgan fingerprint density at radius 1 is 1.38 bits per heavy atom. The molecule has 0 radical (unpaired) electrons. The van der Waals surface area contributed by atoms with E-state index in [2.05, 4.69) is 4.37 Å². The lowest BCUT2D eigenvalue weighted by molar-refractivity contribution is 0.112. The Balaban J connectivity index is 2.53. The molecule has 0 aliphatic carbocycles. The van der Waals surface area contributed by atoms with Crippen molar-refractivity contribution in [2.75, 3.05) is 7.11 Å². The minimum atomic E-state index is 0.462. The highest BCUT2D eigenvalue weighted by Gasteiger charge is 2.09. The minimum absolute atomic E-state index is 0.462. The second-order valence-corrected chi connectivity index (χ2v) is 4.24. The Kier molecular flexibility index (Phi) is 3.01. The van der Waals surface area contributed by atoms with E-state index in [1.165, 1.54) is 11.5 Å². The summed E-state index contributed by atoms with van der Waals surface area (Å²) in [5, 5.41) is 0. The van der Waals surface area contributed by atoms with E-state index in [4.69, 9.17) is 4.74 Å².